The van der Waals surface area contributed by atoms with Gasteiger partial charge in [-0.05, 0) is 25.0 Å². The fourth-order valence-corrected chi connectivity index (χ4v) is 4.27. The molecule has 0 saturated carbocycles. The lowest BCUT2D eigenvalue weighted by Crippen LogP contribution is -2.35. The third-order valence-corrected chi connectivity index (χ3v) is 5.69. The maximum atomic E-state index is 12.7. The van der Waals surface area contributed by atoms with Crippen LogP contribution in [0, 0.1) is 5.92 Å². The fraction of sp³-hybridized carbons (Fsp3) is 0.333. The molecule has 6 nitrogen and oxygen atoms in total. The standard InChI is InChI=1S/C18H18N4O2S/c1-22(11-14-6-9-24-21-14)18(23)13-2-3-16-15(10-13)20-17(25-16)12-4-7-19-8-5-12/h4-9,13H,2-3,10-11H2,1H3. The van der Waals surface area contributed by atoms with E-state index >= 15 is 0 Å². The smallest absolute Gasteiger partial charge is 0.226 e. The third kappa shape index (κ3) is 3.32. The lowest BCUT2D eigenvalue weighted by Gasteiger charge is -2.25. The molecule has 0 bridgehead atoms. The van der Waals surface area contributed by atoms with Gasteiger partial charge in [-0.25, -0.2) is 4.98 Å². The number of rotatable bonds is 4. The molecule has 0 saturated heterocycles. The summed E-state index contributed by atoms with van der Waals surface area (Å²) in [5, 5.41) is 4.88. The number of aryl methyl sites for hydroxylation is 1. The molecule has 1 amide bonds. The summed E-state index contributed by atoms with van der Waals surface area (Å²) in [7, 11) is 1.82. The first-order valence-corrected chi connectivity index (χ1v) is 9.05. The molecule has 1 atom stereocenters. The SMILES string of the molecule is CN(Cc1ccon1)C(=O)C1CCc2sc(-c3ccncc3)nc2C1. The quantitative estimate of drug-likeness (QED) is 0.720. The second kappa shape index (κ2) is 6.76. The second-order valence-electron chi connectivity index (χ2n) is 6.25. The molecule has 0 N–H and O–H groups in total. The van der Waals surface area contributed by atoms with Crippen LogP contribution in [0.5, 0.6) is 0 Å². The Kier molecular flexibility index (Phi) is 4.31. The summed E-state index contributed by atoms with van der Waals surface area (Å²) in [6.45, 7) is 0.470. The molecule has 1 aliphatic rings. The molecule has 1 unspecified atom stereocenters. The highest BCUT2D eigenvalue weighted by Crippen LogP contribution is 2.34. The van der Waals surface area contributed by atoms with Crippen LogP contribution in [0.4, 0.5) is 0 Å². The molecule has 0 radical (unpaired) electrons. The van der Waals surface area contributed by atoms with E-state index in [1.807, 2.05) is 19.2 Å². The first-order chi connectivity index (χ1) is 12.2. The van der Waals surface area contributed by atoms with Crippen molar-refractivity contribution in [3.8, 4) is 10.6 Å². The van der Waals surface area contributed by atoms with Crippen molar-refractivity contribution in [2.45, 2.75) is 25.8 Å². The number of amides is 1. The van der Waals surface area contributed by atoms with Gasteiger partial charge in [0.05, 0.1) is 12.2 Å². The molecule has 0 aliphatic heterocycles. The summed E-state index contributed by atoms with van der Waals surface area (Å²) in [6, 6.07) is 5.72. The van der Waals surface area contributed by atoms with Gasteiger partial charge in [0.1, 0.15) is 17.0 Å². The molecule has 1 aliphatic carbocycles. The molecular formula is C18H18N4O2S. The van der Waals surface area contributed by atoms with E-state index in [4.69, 9.17) is 9.51 Å². The Bertz CT molecular complexity index is 861. The summed E-state index contributed by atoms with van der Waals surface area (Å²) in [5.41, 5.74) is 2.91. The zero-order valence-corrected chi connectivity index (χ0v) is 14.7. The van der Waals surface area contributed by atoms with Crippen molar-refractivity contribution in [3.63, 3.8) is 0 Å². The molecule has 7 heteroatoms. The zero-order valence-electron chi connectivity index (χ0n) is 13.9. The summed E-state index contributed by atoms with van der Waals surface area (Å²) in [5.74, 6) is 0.129. The van der Waals surface area contributed by atoms with Gasteiger partial charge in [0.15, 0.2) is 0 Å². The minimum atomic E-state index is -0.0169. The molecule has 3 aromatic rings. The van der Waals surface area contributed by atoms with Crippen LogP contribution in [0.3, 0.4) is 0 Å². The predicted molar refractivity (Wildman–Crippen MR) is 93.8 cm³/mol. The van der Waals surface area contributed by atoms with Gasteiger partial charge in [-0.3, -0.25) is 9.78 Å². The highest BCUT2D eigenvalue weighted by atomic mass is 32.1. The number of thiazole rings is 1. The van der Waals surface area contributed by atoms with Crippen molar-refractivity contribution in [3.05, 3.63) is 53.1 Å². The number of carbonyl (C=O) groups excluding carboxylic acids is 1. The maximum Gasteiger partial charge on any atom is 0.226 e. The van der Waals surface area contributed by atoms with Crippen molar-refractivity contribution < 1.29 is 9.32 Å². The van der Waals surface area contributed by atoms with Gasteiger partial charge < -0.3 is 9.42 Å². The average molecular weight is 354 g/mol. The number of carbonyl (C=O) groups is 1. The highest BCUT2D eigenvalue weighted by molar-refractivity contribution is 7.15. The van der Waals surface area contributed by atoms with Crippen molar-refractivity contribution in [2.75, 3.05) is 7.05 Å². The molecule has 25 heavy (non-hydrogen) atoms. The first kappa shape index (κ1) is 16.0. The number of hydrogen-bond acceptors (Lipinski definition) is 6. The van der Waals surface area contributed by atoms with Crippen molar-refractivity contribution >= 4 is 17.2 Å². The maximum absolute atomic E-state index is 12.7. The van der Waals surface area contributed by atoms with Gasteiger partial charge >= 0.3 is 0 Å². The lowest BCUT2D eigenvalue weighted by atomic mass is 9.90. The number of nitrogens with zero attached hydrogens (tertiary/aromatic N) is 4. The fourth-order valence-electron chi connectivity index (χ4n) is 3.16. The molecule has 0 fully saturated rings. The van der Waals surface area contributed by atoms with Crippen LogP contribution in [0.15, 0.2) is 41.4 Å². The van der Waals surface area contributed by atoms with Gasteiger partial charge in [0, 0.05) is 48.3 Å². The van der Waals surface area contributed by atoms with E-state index in [0.29, 0.717) is 13.0 Å². The van der Waals surface area contributed by atoms with Crippen LogP contribution >= 0.6 is 11.3 Å². The number of fused-ring (bicyclic) bond motifs is 1. The molecule has 0 spiro atoms. The Balaban J connectivity index is 1.47. The predicted octanol–water partition coefficient (Wildman–Crippen LogP) is 2.96. The van der Waals surface area contributed by atoms with E-state index < -0.39 is 0 Å². The van der Waals surface area contributed by atoms with E-state index in [1.165, 1.54) is 11.1 Å². The molecule has 4 rings (SSSR count). The Hall–Kier alpha value is -2.54. The normalized spacial score (nSPS) is 16.4. The second-order valence-corrected chi connectivity index (χ2v) is 7.33. The Morgan fingerprint density at radius 2 is 2.20 bits per heavy atom. The minimum absolute atomic E-state index is 0.0169. The van der Waals surface area contributed by atoms with Crippen LogP contribution < -0.4 is 0 Å². The average Bonchev–Trinajstić information content (AvgIpc) is 3.30. The topological polar surface area (TPSA) is 72.1 Å². The van der Waals surface area contributed by atoms with Crippen molar-refractivity contribution in [1.82, 2.24) is 20.0 Å². The Morgan fingerprint density at radius 3 is 2.96 bits per heavy atom. The van der Waals surface area contributed by atoms with Gasteiger partial charge in [0.25, 0.3) is 0 Å². The monoisotopic (exact) mass is 354 g/mol. The van der Waals surface area contributed by atoms with Crippen LogP contribution in [0.1, 0.15) is 22.7 Å². The Labute approximate surface area is 149 Å². The van der Waals surface area contributed by atoms with Crippen LogP contribution in [0.2, 0.25) is 0 Å². The van der Waals surface area contributed by atoms with E-state index in [-0.39, 0.29) is 11.8 Å². The van der Waals surface area contributed by atoms with Crippen molar-refractivity contribution in [2.24, 2.45) is 5.92 Å². The largest absolute Gasteiger partial charge is 0.364 e. The Morgan fingerprint density at radius 1 is 1.36 bits per heavy atom. The molecule has 128 valence electrons. The summed E-state index contributed by atoms with van der Waals surface area (Å²) >= 11 is 1.73. The molecular weight excluding hydrogens is 336 g/mol. The summed E-state index contributed by atoms with van der Waals surface area (Å²) in [4.78, 5) is 24.6. The minimum Gasteiger partial charge on any atom is -0.364 e. The van der Waals surface area contributed by atoms with Gasteiger partial charge in [-0.2, -0.15) is 0 Å². The first-order valence-electron chi connectivity index (χ1n) is 8.24. The number of aromatic nitrogens is 3. The van der Waals surface area contributed by atoms with Gasteiger partial charge in [-0.1, -0.05) is 5.16 Å². The number of pyridine rings is 1. The van der Waals surface area contributed by atoms with Crippen LogP contribution in [-0.2, 0) is 24.2 Å². The molecule has 3 heterocycles. The van der Waals surface area contributed by atoms with Crippen molar-refractivity contribution in [1.29, 1.82) is 0 Å². The lowest BCUT2D eigenvalue weighted by molar-refractivity contribution is -0.135. The highest BCUT2D eigenvalue weighted by Gasteiger charge is 2.29. The summed E-state index contributed by atoms with van der Waals surface area (Å²) in [6.07, 6.45) is 7.57. The third-order valence-electron chi connectivity index (χ3n) is 4.48. The molecule has 0 aromatic carbocycles. The van der Waals surface area contributed by atoms with E-state index in [0.717, 1.165) is 34.8 Å². The van der Waals surface area contributed by atoms with Crippen LogP contribution in [0.25, 0.3) is 10.6 Å². The van der Waals surface area contributed by atoms with E-state index in [1.54, 1.807) is 34.7 Å². The van der Waals surface area contributed by atoms with Gasteiger partial charge in [0.2, 0.25) is 5.91 Å². The zero-order chi connectivity index (χ0) is 17.2. The van der Waals surface area contributed by atoms with E-state index in [2.05, 4.69) is 10.1 Å². The van der Waals surface area contributed by atoms with Gasteiger partial charge in [-0.15, -0.1) is 11.3 Å². The summed E-state index contributed by atoms with van der Waals surface area (Å²) < 4.78 is 4.83. The molecule has 3 aromatic heterocycles. The van der Waals surface area contributed by atoms with E-state index in [9.17, 15) is 4.79 Å². The van der Waals surface area contributed by atoms with Crippen LogP contribution in [-0.4, -0.2) is 33.0 Å². The number of hydrogen-bond donors (Lipinski definition) is 0.